The third kappa shape index (κ3) is 2.68. The number of aromatic nitrogens is 2. The van der Waals surface area contributed by atoms with Crippen molar-refractivity contribution in [1.82, 2.24) is 15.1 Å². The number of aryl methyl sites for hydroxylation is 1. The number of hydrogen-bond donors (Lipinski definition) is 1. The molecule has 2 unspecified atom stereocenters. The van der Waals surface area contributed by atoms with Crippen LogP contribution in [0.15, 0.2) is 21.3 Å². The van der Waals surface area contributed by atoms with Crippen molar-refractivity contribution in [2.75, 3.05) is 6.61 Å². The molecule has 1 aromatic heterocycles. The van der Waals surface area contributed by atoms with E-state index in [4.69, 9.17) is 20.8 Å². The zero-order valence-electron chi connectivity index (χ0n) is 13.8. The number of nitrogens with zero attached hydrogens (tertiary/aromatic N) is 2. The molecule has 2 fully saturated rings. The Bertz CT molecular complexity index is 863. The predicted molar refractivity (Wildman–Crippen MR) is 93.2 cm³/mol. The first kappa shape index (κ1) is 15.5. The fourth-order valence-electron chi connectivity index (χ4n) is 4.46. The van der Waals surface area contributed by atoms with Gasteiger partial charge in [0.05, 0.1) is 18.2 Å². The average molecular weight is 362 g/mol. The van der Waals surface area contributed by atoms with Crippen LogP contribution in [0.3, 0.4) is 0 Å². The molecule has 0 amide bonds. The largest absolute Gasteiger partial charge is 0.492 e. The summed E-state index contributed by atoms with van der Waals surface area (Å²) in [6, 6.07) is 4.75. The van der Waals surface area contributed by atoms with E-state index in [0.29, 0.717) is 35.2 Å². The molecule has 6 nitrogen and oxygen atoms in total. The molecule has 0 spiro atoms. The molecule has 5 rings (SSSR count). The summed E-state index contributed by atoms with van der Waals surface area (Å²) in [6.07, 6.45) is 6.07. The van der Waals surface area contributed by atoms with Gasteiger partial charge in [0, 0.05) is 17.1 Å². The molecule has 0 aliphatic carbocycles. The summed E-state index contributed by atoms with van der Waals surface area (Å²) in [7, 11) is 0. The fraction of sp³-hybridized carbons (Fsp3) is 0.556. The molecule has 7 heteroatoms. The molecule has 2 aromatic rings. The molecule has 132 valence electrons. The van der Waals surface area contributed by atoms with E-state index in [1.807, 2.05) is 6.07 Å². The first-order valence-electron chi connectivity index (χ1n) is 8.98. The summed E-state index contributed by atoms with van der Waals surface area (Å²) in [5.41, 5.74) is 1.72. The van der Waals surface area contributed by atoms with E-state index in [9.17, 15) is 4.79 Å². The summed E-state index contributed by atoms with van der Waals surface area (Å²) in [5.74, 6) is 0.650. The van der Waals surface area contributed by atoms with Crippen molar-refractivity contribution in [3.63, 3.8) is 0 Å². The van der Waals surface area contributed by atoms with Crippen LogP contribution in [0.4, 0.5) is 0 Å². The lowest BCUT2D eigenvalue weighted by molar-refractivity contribution is 0.269. The molecule has 1 N–H and O–H groups in total. The molecule has 2 bridgehead atoms. The van der Waals surface area contributed by atoms with Gasteiger partial charge in [-0.15, -0.1) is 5.10 Å². The van der Waals surface area contributed by atoms with E-state index in [-0.39, 0.29) is 6.04 Å². The van der Waals surface area contributed by atoms with Crippen LogP contribution < -0.4 is 15.8 Å². The van der Waals surface area contributed by atoms with Crippen LogP contribution in [-0.2, 0) is 6.42 Å². The summed E-state index contributed by atoms with van der Waals surface area (Å²) in [4.78, 5) is 12.4. The van der Waals surface area contributed by atoms with Crippen LogP contribution in [0.5, 0.6) is 5.75 Å². The normalized spacial score (nSPS) is 27.8. The van der Waals surface area contributed by atoms with E-state index in [1.54, 1.807) is 6.07 Å². The molecule has 25 heavy (non-hydrogen) atoms. The number of rotatable bonds is 2. The molecule has 0 radical (unpaired) electrons. The maximum absolute atomic E-state index is 12.4. The highest BCUT2D eigenvalue weighted by Crippen LogP contribution is 2.38. The lowest BCUT2D eigenvalue weighted by atomic mass is 10.0. The van der Waals surface area contributed by atoms with Gasteiger partial charge < -0.3 is 14.5 Å². The topological polar surface area (TPSA) is 69.3 Å². The smallest absolute Gasteiger partial charge is 0.437 e. The second kappa shape index (κ2) is 5.88. The van der Waals surface area contributed by atoms with E-state index in [2.05, 4.69) is 10.4 Å². The van der Waals surface area contributed by atoms with Crippen LogP contribution in [0.25, 0.3) is 11.5 Å². The number of piperidine rings is 1. The maximum atomic E-state index is 12.4. The predicted octanol–water partition coefficient (Wildman–Crippen LogP) is 2.94. The highest BCUT2D eigenvalue weighted by Gasteiger charge is 2.36. The average Bonchev–Trinajstić information content (AvgIpc) is 3.16. The Hall–Kier alpha value is -1.79. The summed E-state index contributed by atoms with van der Waals surface area (Å²) in [6.45, 7) is 0.657. The van der Waals surface area contributed by atoms with Gasteiger partial charge in [0.1, 0.15) is 5.75 Å². The Morgan fingerprint density at radius 3 is 2.84 bits per heavy atom. The molecular formula is C18H20ClN3O3. The molecule has 4 heterocycles. The number of fused-ring (bicyclic) bond motifs is 3. The van der Waals surface area contributed by atoms with E-state index in [0.717, 1.165) is 37.0 Å². The molecule has 2 atom stereocenters. The van der Waals surface area contributed by atoms with E-state index >= 15 is 0 Å². The Morgan fingerprint density at radius 1 is 1.24 bits per heavy atom. The molecule has 2 saturated heterocycles. The highest BCUT2D eigenvalue weighted by molar-refractivity contribution is 6.31. The van der Waals surface area contributed by atoms with Crippen molar-refractivity contribution in [1.29, 1.82) is 0 Å². The minimum Gasteiger partial charge on any atom is -0.492 e. The van der Waals surface area contributed by atoms with Gasteiger partial charge in [-0.05, 0) is 56.2 Å². The van der Waals surface area contributed by atoms with Gasteiger partial charge in [0.15, 0.2) is 0 Å². The summed E-state index contributed by atoms with van der Waals surface area (Å²) >= 11 is 6.26. The van der Waals surface area contributed by atoms with Crippen LogP contribution in [0.1, 0.15) is 43.7 Å². The Kier molecular flexibility index (Phi) is 3.64. The van der Waals surface area contributed by atoms with Gasteiger partial charge in [0.2, 0.25) is 0 Å². The quantitative estimate of drug-likeness (QED) is 0.890. The first-order valence-corrected chi connectivity index (χ1v) is 9.36. The summed E-state index contributed by atoms with van der Waals surface area (Å²) in [5, 5.41) is 8.71. The molecule has 3 aliphatic heterocycles. The Balaban J connectivity index is 1.54. The highest BCUT2D eigenvalue weighted by atomic mass is 35.5. The molecule has 3 aliphatic rings. The third-order valence-corrected chi connectivity index (χ3v) is 5.78. The Labute approximate surface area is 150 Å². The monoisotopic (exact) mass is 361 g/mol. The summed E-state index contributed by atoms with van der Waals surface area (Å²) < 4.78 is 12.9. The molecular weight excluding hydrogens is 342 g/mol. The number of hydrogen-bond acceptors (Lipinski definition) is 5. The number of nitrogens with one attached hydrogen (secondary N) is 1. The van der Waals surface area contributed by atoms with Crippen molar-refractivity contribution in [2.24, 2.45) is 0 Å². The van der Waals surface area contributed by atoms with E-state index < -0.39 is 5.76 Å². The maximum Gasteiger partial charge on any atom is 0.437 e. The standard InChI is InChI=1S/C18H20ClN3O3/c19-11-6-10-2-1-5-24-16(10)15(7-11)17-21-22(18(23)25-17)14-8-12-3-4-13(9-14)20-12/h6-7,12-14,20H,1-5,8-9H2. The van der Waals surface area contributed by atoms with Gasteiger partial charge >= 0.3 is 5.76 Å². The fourth-order valence-corrected chi connectivity index (χ4v) is 4.70. The van der Waals surface area contributed by atoms with Crippen molar-refractivity contribution >= 4 is 11.6 Å². The minimum absolute atomic E-state index is 0.0969. The van der Waals surface area contributed by atoms with Crippen molar-refractivity contribution in [3.05, 3.63) is 33.3 Å². The van der Waals surface area contributed by atoms with Crippen LogP contribution in [0.2, 0.25) is 5.02 Å². The lowest BCUT2D eigenvalue weighted by Gasteiger charge is -2.28. The first-order chi connectivity index (χ1) is 12.2. The molecule has 1 aromatic carbocycles. The minimum atomic E-state index is -0.397. The lowest BCUT2D eigenvalue weighted by Crippen LogP contribution is -2.41. The van der Waals surface area contributed by atoms with Crippen LogP contribution >= 0.6 is 11.6 Å². The number of halogens is 1. The second-order valence-electron chi connectivity index (χ2n) is 7.27. The zero-order valence-corrected chi connectivity index (χ0v) is 14.6. The van der Waals surface area contributed by atoms with Gasteiger partial charge in [-0.25, -0.2) is 4.79 Å². The van der Waals surface area contributed by atoms with Crippen molar-refractivity contribution in [3.8, 4) is 17.2 Å². The van der Waals surface area contributed by atoms with Gasteiger partial charge in [-0.2, -0.15) is 4.68 Å². The Morgan fingerprint density at radius 2 is 2.04 bits per heavy atom. The van der Waals surface area contributed by atoms with Gasteiger partial charge in [-0.1, -0.05) is 11.6 Å². The zero-order chi connectivity index (χ0) is 17.0. The van der Waals surface area contributed by atoms with Crippen LogP contribution in [-0.4, -0.2) is 28.5 Å². The van der Waals surface area contributed by atoms with Gasteiger partial charge in [0.25, 0.3) is 5.89 Å². The number of ether oxygens (including phenoxy) is 1. The van der Waals surface area contributed by atoms with Gasteiger partial charge in [-0.3, -0.25) is 0 Å². The van der Waals surface area contributed by atoms with Crippen molar-refractivity contribution < 1.29 is 9.15 Å². The van der Waals surface area contributed by atoms with Crippen molar-refractivity contribution in [2.45, 2.75) is 56.7 Å². The van der Waals surface area contributed by atoms with Crippen LogP contribution in [0, 0.1) is 0 Å². The molecule has 0 saturated carbocycles. The SMILES string of the molecule is O=c1oc(-c2cc(Cl)cc3c2OCCC3)nn1C1CC2CCC(C1)N2. The van der Waals surface area contributed by atoms with E-state index in [1.165, 1.54) is 17.5 Å². The number of benzene rings is 1. The third-order valence-electron chi connectivity index (χ3n) is 5.56. The second-order valence-corrected chi connectivity index (χ2v) is 7.71.